The first-order valence-corrected chi connectivity index (χ1v) is 8.82. The van der Waals surface area contributed by atoms with Crippen molar-refractivity contribution in [2.45, 2.75) is 44.7 Å². The SMILES string of the molecule is O=C1CCN(C(=O)C2(Cc3ccc(Cl)cc3)CC2)C2CCCN12. The molecule has 4 rings (SSSR count). The molecule has 0 aromatic heterocycles. The highest BCUT2D eigenvalue weighted by Gasteiger charge is 2.54. The number of fused-ring (bicyclic) bond motifs is 1. The third-order valence-corrected chi connectivity index (χ3v) is 5.74. The van der Waals surface area contributed by atoms with Crippen LogP contribution >= 0.6 is 11.6 Å². The first kappa shape index (κ1) is 15.0. The van der Waals surface area contributed by atoms with E-state index >= 15 is 0 Å². The van der Waals surface area contributed by atoms with Crippen LogP contribution in [0.1, 0.15) is 37.7 Å². The molecule has 1 aromatic rings. The molecular formula is C18H21ClN2O2. The maximum Gasteiger partial charge on any atom is 0.230 e. The molecule has 5 heteroatoms. The third kappa shape index (κ3) is 2.63. The molecule has 1 unspecified atom stereocenters. The molecule has 0 radical (unpaired) electrons. The number of nitrogens with zero attached hydrogens (tertiary/aromatic N) is 2. The highest BCUT2D eigenvalue weighted by molar-refractivity contribution is 6.30. The van der Waals surface area contributed by atoms with Crippen molar-refractivity contribution in [1.29, 1.82) is 0 Å². The van der Waals surface area contributed by atoms with Gasteiger partial charge in [0.15, 0.2) is 0 Å². The lowest BCUT2D eigenvalue weighted by Crippen LogP contribution is -2.57. The van der Waals surface area contributed by atoms with Gasteiger partial charge in [-0.05, 0) is 49.8 Å². The van der Waals surface area contributed by atoms with Gasteiger partial charge in [-0.1, -0.05) is 23.7 Å². The Morgan fingerprint density at radius 2 is 1.96 bits per heavy atom. The van der Waals surface area contributed by atoms with Gasteiger partial charge in [0.05, 0.1) is 5.41 Å². The van der Waals surface area contributed by atoms with Crippen LogP contribution in [0.25, 0.3) is 0 Å². The molecule has 0 bridgehead atoms. The number of halogens is 1. The second kappa shape index (κ2) is 5.52. The van der Waals surface area contributed by atoms with E-state index in [0.717, 1.165) is 49.2 Å². The second-order valence-electron chi connectivity index (χ2n) is 7.04. The van der Waals surface area contributed by atoms with Crippen molar-refractivity contribution in [3.63, 3.8) is 0 Å². The Kier molecular flexibility index (Phi) is 3.60. The van der Waals surface area contributed by atoms with Gasteiger partial charge in [0.25, 0.3) is 0 Å². The van der Waals surface area contributed by atoms with E-state index < -0.39 is 0 Å². The highest BCUT2D eigenvalue weighted by Crippen LogP contribution is 2.51. The molecule has 0 N–H and O–H groups in total. The Bertz CT molecular complexity index is 639. The molecule has 1 saturated carbocycles. The number of hydrogen-bond acceptors (Lipinski definition) is 2. The van der Waals surface area contributed by atoms with E-state index in [2.05, 4.69) is 0 Å². The number of rotatable bonds is 3. The Morgan fingerprint density at radius 3 is 2.65 bits per heavy atom. The van der Waals surface area contributed by atoms with E-state index in [0.29, 0.717) is 13.0 Å². The molecule has 122 valence electrons. The maximum absolute atomic E-state index is 13.2. The zero-order valence-corrected chi connectivity index (χ0v) is 13.9. The van der Waals surface area contributed by atoms with Gasteiger partial charge in [-0.2, -0.15) is 0 Å². The van der Waals surface area contributed by atoms with Crippen LogP contribution in [0.2, 0.25) is 5.02 Å². The zero-order chi connectivity index (χ0) is 16.0. The van der Waals surface area contributed by atoms with Crippen molar-refractivity contribution in [3.05, 3.63) is 34.9 Å². The summed E-state index contributed by atoms with van der Waals surface area (Å²) in [5, 5.41) is 0.723. The molecule has 2 heterocycles. The summed E-state index contributed by atoms with van der Waals surface area (Å²) in [4.78, 5) is 29.1. The van der Waals surface area contributed by atoms with Crippen LogP contribution in [-0.2, 0) is 16.0 Å². The van der Waals surface area contributed by atoms with E-state index in [4.69, 9.17) is 11.6 Å². The number of amides is 2. The minimum atomic E-state index is -0.248. The first-order valence-electron chi connectivity index (χ1n) is 8.44. The van der Waals surface area contributed by atoms with Crippen LogP contribution < -0.4 is 0 Å². The van der Waals surface area contributed by atoms with Crippen molar-refractivity contribution < 1.29 is 9.59 Å². The third-order valence-electron chi connectivity index (χ3n) is 5.49. The van der Waals surface area contributed by atoms with Gasteiger partial charge in [-0.25, -0.2) is 0 Å². The summed E-state index contributed by atoms with van der Waals surface area (Å²) in [6.07, 6.45) is 5.08. The highest BCUT2D eigenvalue weighted by atomic mass is 35.5. The lowest BCUT2D eigenvalue weighted by atomic mass is 9.94. The summed E-state index contributed by atoms with van der Waals surface area (Å²) in [7, 11) is 0. The van der Waals surface area contributed by atoms with E-state index in [9.17, 15) is 9.59 Å². The van der Waals surface area contributed by atoms with Crippen LogP contribution in [0.15, 0.2) is 24.3 Å². The van der Waals surface area contributed by atoms with E-state index in [1.165, 1.54) is 0 Å². The molecular weight excluding hydrogens is 312 g/mol. The second-order valence-corrected chi connectivity index (χ2v) is 7.48. The first-order chi connectivity index (χ1) is 11.1. The Morgan fingerprint density at radius 1 is 1.22 bits per heavy atom. The Balaban J connectivity index is 1.51. The average molecular weight is 333 g/mol. The molecule has 3 aliphatic rings. The molecule has 1 aromatic carbocycles. The van der Waals surface area contributed by atoms with Gasteiger partial charge in [0.1, 0.15) is 6.17 Å². The van der Waals surface area contributed by atoms with Crippen LogP contribution in [0.5, 0.6) is 0 Å². The number of carbonyl (C=O) groups is 2. The molecule has 2 amide bonds. The monoisotopic (exact) mass is 332 g/mol. The van der Waals surface area contributed by atoms with Crippen molar-refractivity contribution in [3.8, 4) is 0 Å². The molecule has 0 spiro atoms. The maximum atomic E-state index is 13.2. The summed E-state index contributed by atoms with van der Waals surface area (Å²) in [6.45, 7) is 1.39. The fraction of sp³-hybridized carbons (Fsp3) is 0.556. The van der Waals surface area contributed by atoms with Gasteiger partial charge in [-0.3, -0.25) is 9.59 Å². The fourth-order valence-corrected chi connectivity index (χ4v) is 4.15. The van der Waals surface area contributed by atoms with Gasteiger partial charge in [-0.15, -0.1) is 0 Å². The van der Waals surface area contributed by atoms with Gasteiger partial charge in [0, 0.05) is 24.5 Å². The predicted molar refractivity (Wildman–Crippen MR) is 87.9 cm³/mol. The zero-order valence-electron chi connectivity index (χ0n) is 13.1. The molecule has 1 atom stereocenters. The van der Waals surface area contributed by atoms with Crippen molar-refractivity contribution in [2.24, 2.45) is 5.41 Å². The minimum Gasteiger partial charge on any atom is -0.322 e. The molecule has 23 heavy (non-hydrogen) atoms. The smallest absolute Gasteiger partial charge is 0.230 e. The van der Waals surface area contributed by atoms with E-state index in [1.807, 2.05) is 34.1 Å². The summed E-state index contributed by atoms with van der Waals surface area (Å²) in [5.41, 5.74) is 0.916. The molecule has 2 aliphatic heterocycles. The topological polar surface area (TPSA) is 40.6 Å². The Hall–Kier alpha value is -1.55. The van der Waals surface area contributed by atoms with Gasteiger partial charge >= 0.3 is 0 Å². The van der Waals surface area contributed by atoms with Crippen LogP contribution in [0.3, 0.4) is 0 Å². The summed E-state index contributed by atoms with van der Waals surface area (Å²) in [6, 6.07) is 7.79. The predicted octanol–water partition coefficient (Wildman–Crippen LogP) is 2.84. The summed E-state index contributed by atoms with van der Waals surface area (Å²) in [5.74, 6) is 0.455. The van der Waals surface area contributed by atoms with Gasteiger partial charge in [0.2, 0.25) is 11.8 Å². The molecule has 2 saturated heterocycles. The van der Waals surface area contributed by atoms with Gasteiger partial charge < -0.3 is 9.80 Å². The molecule has 4 nitrogen and oxygen atoms in total. The van der Waals surface area contributed by atoms with E-state index in [-0.39, 0.29) is 23.4 Å². The molecule has 3 fully saturated rings. The molecule has 1 aliphatic carbocycles. The number of carbonyl (C=O) groups excluding carboxylic acids is 2. The lowest BCUT2D eigenvalue weighted by molar-refractivity contribution is -0.154. The van der Waals surface area contributed by atoms with E-state index in [1.54, 1.807) is 0 Å². The number of hydrogen-bond donors (Lipinski definition) is 0. The Labute approximate surface area is 141 Å². The normalized spacial score (nSPS) is 25.4. The van der Waals surface area contributed by atoms with Crippen LogP contribution in [0.4, 0.5) is 0 Å². The standard InChI is InChI=1S/C18H21ClN2O2/c19-14-5-3-13(4-6-14)12-18(8-9-18)17(23)21-11-7-16(22)20-10-1-2-15(20)21/h3-6,15H,1-2,7-12H2. The van der Waals surface area contributed by atoms with Crippen LogP contribution in [-0.4, -0.2) is 40.9 Å². The quantitative estimate of drug-likeness (QED) is 0.854. The van der Waals surface area contributed by atoms with Crippen LogP contribution in [0, 0.1) is 5.41 Å². The largest absolute Gasteiger partial charge is 0.322 e. The minimum absolute atomic E-state index is 0.00597. The van der Waals surface area contributed by atoms with Crippen molar-refractivity contribution in [2.75, 3.05) is 13.1 Å². The van der Waals surface area contributed by atoms with Crippen molar-refractivity contribution in [1.82, 2.24) is 9.80 Å². The number of benzene rings is 1. The average Bonchev–Trinajstić information content (AvgIpc) is 3.15. The summed E-state index contributed by atoms with van der Waals surface area (Å²) >= 11 is 5.94. The summed E-state index contributed by atoms with van der Waals surface area (Å²) < 4.78 is 0. The lowest BCUT2D eigenvalue weighted by Gasteiger charge is -2.41. The fourth-order valence-electron chi connectivity index (χ4n) is 4.02. The van der Waals surface area contributed by atoms with Crippen molar-refractivity contribution >= 4 is 23.4 Å².